The molecule has 114 valence electrons. The van der Waals surface area contributed by atoms with Crippen LogP contribution in [0.2, 0.25) is 0 Å². The first kappa shape index (κ1) is 14.7. The number of rotatable bonds is 5. The predicted molar refractivity (Wildman–Crippen MR) is 86.0 cm³/mol. The van der Waals surface area contributed by atoms with E-state index in [1.165, 1.54) is 21.1 Å². The van der Waals surface area contributed by atoms with E-state index in [1.807, 2.05) is 6.92 Å². The van der Waals surface area contributed by atoms with Crippen molar-refractivity contribution in [2.45, 2.75) is 26.2 Å². The molecule has 2 aromatic rings. The molecule has 0 unspecified atom stereocenters. The van der Waals surface area contributed by atoms with Gasteiger partial charge in [-0.05, 0) is 38.3 Å². The fourth-order valence-corrected chi connectivity index (χ4v) is 3.55. The second kappa shape index (κ2) is 5.88. The van der Waals surface area contributed by atoms with Crippen molar-refractivity contribution in [3.05, 3.63) is 46.0 Å². The number of nitrogen functional groups attached to an aromatic ring is 1. The second-order valence-electron chi connectivity index (χ2n) is 5.33. The van der Waals surface area contributed by atoms with Gasteiger partial charge in [-0.1, -0.05) is 12.1 Å². The van der Waals surface area contributed by atoms with Gasteiger partial charge in [0.2, 0.25) is 0 Å². The average molecular weight is 315 g/mol. The zero-order valence-electron chi connectivity index (χ0n) is 12.3. The third-order valence-corrected chi connectivity index (χ3v) is 4.87. The Morgan fingerprint density at radius 2 is 1.77 bits per heavy atom. The molecule has 0 saturated heterocycles. The molecule has 2 N–H and O–H groups in total. The standard InChI is InChI=1S/C16H17N3O2S/c1-10-13(22-16(17)18-10)8-4-5-9-19-14(20)11-6-2-3-7-12(11)15(19)21/h2-3,6-7H,4-5,8-9H2,1H3,(H2,17,18). The lowest BCUT2D eigenvalue weighted by Crippen LogP contribution is -2.30. The number of carbonyl (C=O) groups is 2. The summed E-state index contributed by atoms with van der Waals surface area (Å²) in [6.45, 7) is 2.41. The molecule has 0 spiro atoms. The number of unbranched alkanes of at least 4 members (excludes halogenated alkanes) is 1. The van der Waals surface area contributed by atoms with Crippen molar-refractivity contribution in [2.24, 2.45) is 0 Å². The molecule has 0 bridgehead atoms. The van der Waals surface area contributed by atoms with Gasteiger partial charge in [0.05, 0.1) is 16.8 Å². The number of hydrogen-bond acceptors (Lipinski definition) is 5. The lowest BCUT2D eigenvalue weighted by atomic mass is 10.1. The van der Waals surface area contributed by atoms with Crippen molar-refractivity contribution in [3.63, 3.8) is 0 Å². The zero-order valence-corrected chi connectivity index (χ0v) is 13.2. The van der Waals surface area contributed by atoms with Crippen LogP contribution < -0.4 is 5.73 Å². The van der Waals surface area contributed by atoms with Gasteiger partial charge in [-0.3, -0.25) is 14.5 Å². The molecule has 0 atom stereocenters. The van der Waals surface area contributed by atoms with Crippen molar-refractivity contribution < 1.29 is 9.59 Å². The summed E-state index contributed by atoms with van der Waals surface area (Å²) < 4.78 is 0. The van der Waals surface area contributed by atoms with Crippen molar-refractivity contribution in [3.8, 4) is 0 Å². The number of imide groups is 1. The van der Waals surface area contributed by atoms with Gasteiger partial charge >= 0.3 is 0 Å². The first-order valence-electron chi connectivity index (χ1n) is 7.25. The summed E-state index contributed by atoms with van der Waals surface area (Å²) in [5.41, 5.74) is 7.68. The zero-order chi connectivity index (χ0) is 15.7. The Labute approximate surface area is 132 Å². The minimum absolute atomic E-state index is 0.182. The van der Waals surface area contributed by atoms with Crippen LogP contribution in [0.15, 0.2) is 24.3 Å². The number of nitrogens with two attached hydrogens (primary N) is 1. The number of thiazole rings is 1. The predicted octanol–water partition coefficient (Wildman–Crippen LogP) is 2.65. The fourth-order valence-electron chi connectivity index (χ4n) is 2.68. The molecule has 1 aromatic heterocycles. The summed E-state index contributed by atoms with van der Waals surface area (Å²) in [7, 11) is 0. The Morgan fingerprint density at radius 3 is 2.32 bits per heavy atom. The molecule has 2 amide bonds. The van der Waals surface area contributed by atoms with Crippen molar-refractivity contribution in [2.75, 3.05) is 12.3 Å². The maximum atomic E-state index is 12.2. The normalized spacial score (nSPS) is 13.8. The SMILES string of the molecule is Cc1nc(N)sc1CCCCN1C(=O)c2ccccc2C1=O. The van der Waals surface area contributed by atoms with Gasteiger partial charge in [0.25, 0.3) is 11.8 Å². The van der Waals surface area contributed by atoms with Gasteiger partial charge in [-0.15, -0.1) is 11.3 Å². The van der Waals surface area contributed by atoms with E-state index in [1.54, 1.807) is 24.3 Å². The number of anilines is 1. The first-order chi connectivity index (χ1) is 10.6. The van der Waals surface area contributed by atoms with Crippen LogP contribution in [0.1, 0.15) is 44.1 Å². The molecule has 0 fully saturated rings. The third-order valence-electron chi connectivity index (χ3n) is 3.82. The van der Waals surface area contributed by atoms with Crippen molar-refractivity contribution in [1.29, 1.82) is 0 Å². The summed E-state index contributed by atoms with van der Waals surface area (Å²) in [6, 6.07) is 6.98. The highest BCUT2D eigenvalue weighted by atomic mass is 32.1. The van der Waals surface area contributed by atoms with Crippen LogP contribution in [0.25, 0.3) is 0 Å². The van der Waals surface area contributed by atoms with Crippen LogP contribution in [-0.2, 0) is 6.42 Å². The molecule has 6 heteroatoms. The van der Waals surface area contributed by atoms with Crippen LogP contribution in [-0.4, -0.2) is 28.2 Å². The van der Waals surface area contributed by atoms with Crippen LogP contribution in [0.4, 0.5) is 5.13 Å². The summed E-state index contributed by atoms with van der Waals surface area (Å²) in [4.78, 5) is 31.1. The highest BCUT2D eigenvalue weighted by Crippen LogP contribution is 2.24. The Balaban J connectivity index is 1.56. The lowest BCUT2D eigenvalue weighted by molar-refractivity contribution is 0.0652. The number of amides is 2. The molecular weight excluding hydrogens is 298 g/mol. The lowest BCUT2D eigenvalue weighted by Gasteiger charge is -2.13. The Hall–Kier alpha value is -2.21. The van der Waals surface area contributed by atoms with E-state index in [9.17, 15) is 9.59 Å². The molecule has 5 nitrogen and oxygen atoms in total. The van der Waals surface area contributed by atoms with Crippen LogP contribution in [0.5, 0.6) is 0 Å². The molecular formula is C16H17N3O2S. The average Bonchev–Trinajstić information content (AvgIpc) is 2.95. The van der Waals surface area contributed by atoms with Gasteiger partial charge in [0, 0.05) is 11.4 Å². The third kappa shape index (κ3) is 2.62. The largest absolute Gasteiger partial charge is 0.375 e. The summed E-state index contributed by atoms with van der Waals surface area (Å²) in [5.74, 6) is -0.363. The van der Waals surface area contributed by atoms with Crippen LogP contribution >= 0.6 is 11.3 Å². The smallest absolute Gasteiger partial charge is 0.261 e. The molecule has 0 radical (unpaired) electrons. The van der Waals surface area contributed by atoms with E-state index in [0.29, 0.717) is 22.8 Å². The topological polar surface area (TPSA) is 76.3 Å². The number of aryl methyl sites for hydroxylation is 2. The number of benzene rings is 1. The summed E-state index contributed by atoms with van der Waals surface area (Å²) in [5, 5.41) is 0.591. The molecule has 1 aliphatic rings. The Kier molecular flexibility index (Phi) is 3.94. The quantitative estimate of drug-likeness (QED) is 0.680. The van der Waals surface area contributed by atoms with Crippen molar-refractivity contribution in [1.82, 2.24) is 9.88 Å². The second-order valence-corrected chi connectivity index (χ2v) is 6.44. The molecule has 3 rings (SSSR count). The van der Waals surface area contributed by atoms with Gasteiger partial charge in [0.1, 0.15) is 0 Å². The molecule has 0 aliphatic carbocycles. The number of nitrogens with zero attached hydrogens (tertiary/aromatic N) is 2. The van der Waals surface area contributed by atoms with Gasteiger partial charge < -0.3 is 5.73 Å². The fraction of sp³-hybridized carbons (Fsp3) is 0.312. The van der Waals surface area contributed by atoms with E-state index >= 15 is 0 Å². The van der Waals surface area contributed by atoms with Crippen LogP contribution in [0, 0.1) is 6.92 Å². The molecule has 22 heavy (non-hydrogen) atoms. The Bertz CT molecular complexity index is 704. The number of hydrogen-bond donors (Lipinski definition) is 1. The highest BCUT2D eigenvalue weighted by Gasteiger charge is 2.34. The minimum Gasteiger partial charge on any atom is -0.375 e. The molecule has 1 aliphatic heterocycles. The minimum atomic E-state index is -0.182. The maximum Gasteiger partial charge on any atom is 0.261 e. The van der Waals surface area contributed by atoms with Gasteiger partial charge in [-0.2, -0.15) is 0 Å². The summed E-state index contributed by atoms with van der Waals surface area (Å²) >= 11 is 1.51. The van der Waals surface area contributed by atoms with E-state index in [2.05, 4.69) is 4.98 Å². The van der Waals surface area contributed by atoms with Crippen molar-refractivity contribution >= 4 is 28.3 Å². The maximum absolute atomic E-state index is 12.2. The summed E-state index contributed by atoms with van der Waals surface area (Å²) in [6.07, 6.45) is 2.56. The van der Waals surface area contributed by atoms with Gasteiger partial charge in [0.15, 0.2) is 5.13 Å². The molecule has 0 saturated carbocycles. The van der Waals surface area contributed by atoms with E-state index in [-0.39, 0.29) is 11.8 Å². The van der Waals surface area contributed by atoms with E-state index in [0.717, 1.165) is 25.0 Å². The molecule has 2 heterocycles. The highest BCUT2D eigenvalue weighted by molar-refractivity contribution is 7.15. The number of carbonyl (C=O) groups excluding carboxylic acids is 2. The number of aromatic nitrogens is 1. The van der Waals surface area contributed by atoms with Gasteiger partial charge in [-0.25, -0.2) is 4.98 Å². The monoisotopic (exact) mass is 315 g/mol. The van der Waals surface area contributed by atoms with E-state index in [4.69, 9.17) is 5.73 Å². The first-order valence-corrected chi connectivity index (χ1v) is 8.06. The number of fused-ring (bicyclic) bond motifs is 1. The van der Waals surface area contributed by atoms with E-state index < -0.39 is 0 Å². The molecule has 1 aromatic carbocycles. The Morgan fingerprint density at radius 1 is 1.14 bits per heavy atom. The van der Waals surface area contributed by atoms with Crippen LogP contribution in [0.3, 0.4) is 0 Å².